The van der Waals surface area contributed by atoms with Gasteiger partial charge in [-0.3, -0.25) is 13.9 Å². The molecule has 0 aliphatic heterocycles. The van der Waals surface area contributed by atoms with E-state index in [1.165, 1.54) is 16.3 Å². The second-order valence-electron chi connectivity index (χ2n) is 11.3. The number of carbonyl (C=O) groups is 2. The van der Waals surface area contributed by atoms with E-state index in [9.17, 15) is 18.0 Å². The molecule has 3 aromatic rings. The third kappa shape index (κ3) is 10.4. The number of halogens is 2. The van der Waals surface area contributed by atoms with Gasteiger partial charge in [0.15, 0.2) is 0 Å². The molecule has 0 spiro atoms. The zero-order valence-corrected chi connectivity index (χ0v) is 27.5. The lowest BCUT2D eigenvalue weighted by Crippen LogP contribution is -2.54. The number of methoxy groups -OCH3 is 1. The SMILES string of the molecule is COc1cccc(N(CCCC(=O)N(Cc2ccc(Cl)cc2Cl)[C@@H](Cc2ccccc2)C(=O)NC(C)(C)C)S(C)(=O)=O)c1. The number of nitrogens with zero attached hydrogens (tertiary/aromatic N) is 2. The normalized spacial score (nSPS) is 12.3. The number of hydrogen-bond donors (Lipinski definition) is 1. The van der Waals surface area contributed by atoms with Gasteiger partial charge in [0.1, 0.15) is 11.8 Å². The van der Waals surface area contributed by atoms with Crippen LogP contribution < -0.4 is 14.4 Å². The molecule has 1 atom stereocenters. The van der Waals surface area contributed by atoms with Crippen molar-refractivity contribution in [1.82, 2.24) is 10.2 Å². The lowest BCUT2D eigenvalue weighted by Gasteiger charge is -2.34. The first-order valence-electron chi connectivity index (χ1n) is 13.9. The van der Waals surface area contributed by atoms with E-state index >= 15 is 0 Å². The van der Waals surface area contributed by atoms with Crippen molar-refractivity contribution in [2.45, 2.75) is 58.2 Å². The summed E-state index contributed by atoms with van der Waals surface area (Å²) in [7, 11) is -2.15. The van der Waals surface area contributed by atoms with Gasteiger partial charge >= 0.3 is 0 Å². The maximum Gasteiger partial charge on any atom is 0.243 e. The minimum absolute atomic E-state index is 0.00468. The van der Waals surface area contributed by atoms with E-state index in [0.29, 0.717) is 27.0 Å². The molecule has 0 heterocycles. The Morgan fingerprint density at radius 3 is 2.28 bits per heavy atom. The van der Waals surface area contributed by atoms with Crippen LogP contribution in [-0.4, -0.2) is 56.6 Å². The summed E-state index contributed by atoms with van der Waals surface area (Å²) in [6, 6.07) is 20.4. The summed E-state index contributed by atoms with van der Waals surface area (Å²) < 4.78 is 31.9. The van der Waals surface area contributed by atoms with Crippen LogP contribution in [0.2, 0.25) is 10.0 Å². The van der Waals surface area contributed by atoms with Gasteiger partial charge in [-0.25, -0.2) is 8.42 Å². The average Bonchev–Trinajstić information content (AvgIpc) is 2.92. The molecular weight excluding hydrogens is 609 g/mol. The number of sulfonamides is 1. The highest BCUT2D eigenvalue weighted by atomic mass is 35.5. The summed E-state index contributed by atoms with van der Waals surface area (Å²) in [5.41, 5.74) is 1.42. The summed E-state index contributed by atoms with van der Waals surface area (Å²) in [6.07, 6.45) is 1.61. The molecule has 2 amide bonds. The predicted molar refractivity (Wildman–Crippen MR) is 173 cm³/mol. The molecule has 0 unspecified atom stereocenters. The lowest BCUT2D eigenvalue weighted by molar-refractivity contribution is -0.142. The van der Waals surface area contributed by atoms with Gasteiger partial charge in [0.2, 0.25) is 21.8 Å². The molecular formula is C32H39Cl2N3O5S. The highest BCUT2D eigenvalue weighted by molar-refractivity contribution is 7.92. The number of rotatable bonds is 13. The Hall–Kier alpha value is -3.27. The first-order chi connectivity index (χ1) is 20.2. The number of ether oxygens (including phenoxy) is 1. The van der Waals surface area contributed by atoms with Crippen LogP contribution in [0.1, 0.15) is 44.7 Å². The van der Waals surface area contributed by atoms with Crippen LogP contribution in [-0.2, 0) is 32.6 Å². The molecule has 0 radical (unpaired) electrons. The van der Waals surface area contributed by atoms with Crippen molar-refractivity contribution < 1.29 is 22.7 Å². The van der Waals surface area contributed by atoms with Crippen LogP contribution in [0.25, 0.3) is 0 Å². The van der Waals surface area contributed by atoms with Crippen LogP contribution in [0.15, 0.2) is 72.8 Å². The summed E-state index contributed by atoms with van der Waals surface area (Å²) in [5.74, 6) is -0.0964. The van der Waals surface area contributed by atoms with Crippen LogP contribution in [0.4, 0.5) is 5.69 Å². The fourth-order valence-corrected chi connectivity index (χ4v) is 6.04. The van der Waals surface area contributed by atoms with E-state index in [4.69, 9.17) is 27.9 Å². The van der Waals surface area contributed by atoms with Gasteiger partial charge in [0.05, 0.1) is 19.1 Å². The van der Waals surface area contributed by atoms with Crippen molar-refractivity contribution in [2.75, 3.05) is 24.2 Å². The molecule has 0 saturated heterocycles. The second kappa shape index (κ2) is 14.9. The van der Waals surface area contributed by atoms with Gasteiger partial charge < -0.3 is 15.0 Å². The van der Waals surface area contributed by atoms with E-state index in [0.717, 1.165) is 11.8 Å². The third-order valence-corrected chi connectivity index (χ3v) is 8.40. The van der Waals surface area contributed by atoms with Crippen LogP contribution in [0, 0.1) is 0 Å². The molecule has 0 bridgehead atoms. The van der Waals surface area contributed by atoms with E-state index in [2.05, 4.69) is 5.32 Å². The van der Waals surface area contributed by atoms with Crippen molar-refractivity contribution in [2.24, 2.45) is 0 Å². The number of carbonyl (C=O) groups excluding carboxylic acids is 2. The molecule has 3 aromatic carbocycles. The van der Waals surface area contributed by atoms with Gasteiger partial charge in [0.25, 0.3) is 0 Å². The molecule has 0 fully saturated rings. The Bertz CT molecular complexity index is 1510. The molecule has 11 heteroatoms. The molecule has 0 aromatic heterocycles. The Morgan fingerprint density at radius 1 is 0.977 bits per heavy atom. The highest BCUT2D eigenvalue weighted by Crippen LogP contribution is 2.26. The topological polar surface area (TPSA) is 96.0 Å². The minimum atomic E-state index is -3.65. The summed E-state index contributed by atoms with van der Waals surface area (Å²) >= 11 is 12.6. The average molecular weight is 649 g/mol. The van der Waals surface area contributed by atoms with Crippen molar-refractivity contribution in [1.29, 1.82) is 0 Å². The second-order valence-corrected chi connectivity index (χ2v) is 14.1. The molecule has 43 heavy (non-hydrogen) atoms. The number of anilines is 1. The smallest absolute Gasteiger partial charge is 0.243 e. The van der Waals surface area contributed by atoms with Crippen molar-refractivity contribution in [3.8, 4) is 5.75 Å². The molecule has 3 rings (SSSR count). The van der Waals surface area contributed by atoms with Crippen molar-refractivity contribution in [3.05, 3.63) is 94.0 Å². The number of hydrogen-bond acceptors (Lipinski definition) is 5. The third-order valence-electron chi connectivity index (χ3n) is 6.62. The van der Waals surface area contributed by atoms with E-state index in [1.807, 2.05) is 51.1 Å². The van der Waals surface area contributed by atoms with Crippen LogP contribution >= 0.6 is 23.2 Å². The zero-order valence-electron chi connectivity index (χ0n) is 25.1. The highest BCUT2D eigenvalue weighted by Gasteiger charge is 2.32. The molecule has 0 saturated carbocycles. The molecule has 0 aliphatic carbocycles. The molecule has 1 N–H and O–H groups in total. The number of nitrogens with one attached hydrogen (secondary N) is 1. The maximum absolute atomic E-state index is 14.0. The van der Waals surface area contributed by atoms with E-state index in [1.54, 1.807) is 42.5 Å². The first kappa shape index (κ1) is 34.2. The van der Waals surface area contributed by atoms with Crippen LogP contribution in [0.3, 0.4) is 0 Å². The largest absolute Gasteiger partial charge is 0.497 e. The maximum atomic E-state index is 14.0. The lowest BCUT2D eigenvalue weighted by atomic mass is 10.00. The van der Waals surface area contributed by atoms with Gasteiger partial charge in [-0.2, -0.15) is 0 Å². The van der Waals surface area contributed by atoms with Crippen molar-refractivity contribution >= 4 is 50.7 Å². The van der Waals surface area contributed by atoms with Gasteiger partial charge in [-0.15, -0.1) is 0 Å². The summed E-state index contributed by atoms with van der Waals surface area (Å²) in [5, 5.41) is 3.86. The minimum Gasteiger partial charge on any atom is -0.497 e. The first-order valence-corrected chi connectivity index (χ1v) is 16.5. The fraction of sp³-hybridized carbons (Fsp3) is 0.375. The summed E-state index contributed by atoms with van der Waals surface area (Å²) in [6.45, 7) is 5.77. The molecule has 8 nitrogen and oxygen atoms in total. The van der Waals surface area contributed by atoms with Gasteiger partial charge in [0, 0.05) is 47.6 Å². The Balaban J connectivity index is 1.93. The summed E-state index contributed by atoms with van der Waals surface area (Å²) in [4.78, 5) is 29.3. The van der Waals surface area contributed by atoms with Crippen LogP contribution in [0.5, 0.6) is 5.75 Å². The Morgan fingerprint density at radius 2 is 1.67 bits per heavy atom. The Kier molecular flexibility index (Phi) is 11.9. The van der Waals surface area contributed by atoms with E-state index in [-0.39, 0.29) is 44.2 Å². The molecule has 232 valence electrons. The monoisotopic (exact) mass is 647 g/mol. The van der Waals surface area contributed by atoms with Crippen molar-refractivity contribution in [3.63, 3.8) is 0 Å². The predicted octanol–water partition coefficient (Wildman–Crippen LogP) is 6.10. The van der Waals surface area contributed by atoms with Gasteiger partial charge in [-0.05, 0) is 62.6 Å². The standard InChI is InChI=1S/C32H39Cl2N3O5S/c1-32(2,3)35-31(39)29(19-23-11-7-6-8-12-23)36(22-24-16-17-25(33)20-28(24)34)30(38)15-10-18-37(43(5,40)41)26-13-9-14-27(21-26)42-4/h6-9,11-14,16-17,20-21,29H,10,15,18-19,22H2,1-5H3,(H,35,39)/t29-/m0/s1. The number of amides is 2. The zero-order chi connectivity index (χ0) is 31.8. The fourth-order valence-electron chi connectivity index (χ4n) is 4.61. The quantitative estimate of drug-likeness (QED) is 0.242. The van der Waals surface area contributed by atoms with Gasteiger partial charge in [-0.1, -0.05) is 65.7 Å². The molecule has 0 aliphatic rings. The Labute approximate surface area is 265 Å². The number of benzene rings is 3. The van der Waals surface area contributed by atoms with E-state index < -0.39 is 21.6 Å².